The molecule has 128 valence electrons. The Kier molecular flexibility index (Phi) is 6.06. The number of ether oxygens (including phenoxy) is 2. The smallest absolute Gasteiger partial charge is 0.269 e. The van der Waals surface area contributed by atoms with Crippen LogP contribution in [0.5, 0.6) is 11.5 Å². The van der Waals surface area contributed by atoms with Gasteiger partial charge in [-0.2, -0.15) is 0 Å². The average Bonchev–Trinajstić information content (AvgIpc) is 2.64. The summed E-state index contributed by atoms with van der Waals surface area (Å²) in [6.45, 7) is 3.95. The van der Waals surface area contributed by atoms with Crippen LogP contribution in [0.3, 0.4) is 0 Å². The van der Waals surface area contributed by atoms with E-state index in [0.717, 1.165) is 5.56 Å². The van der Waals surface area contributed by atoms with Crippen LogP contribution < -0.4 is 9.47 Å². The van der Waals surface area contributed by atoms with E-state index in [0.29, 0.717) is 23.7 Å². The predicted octanol–water partition coefficient (Wildman–Crippen LogP) is 4.06. The molecule has 0 aliphatic carbocycles. The molecule has 0 fully saturated rings. The predicted molar refractivity (Wildman–Crippen MR) is 95.1 cm³/mol. The lowest BCUT2D eigenvalue weighted by molar-refractivity contribution is -0.384. The van der Waals surface area contributed by atoms with Gasteiger partial charge in [-0.1, -0.05) is 24.8 Å². The van der Waals surface area contributed by atoms with Crippen molar-refractivity contribution in [1.29, 1.82) is 0 Å². The molecule has 0 amide bonds. The van der Waals surface area contributed by atoms with Gasteiger partial charge in [0.15, 0.2) is 17.3 Å². The van der Waals surface area contributed by atoms with Crippen molar-refractivity contribution in [1.82, 2.24) is 0 Å². The zero-order chi connectivity index (χ0) is 18.2. The lowest BCUT2D eigenvalue weighted by Gasteiger charge is -2.09. The van der Waals surface area contributed by atoms with Crippen molar-refractivity contribution in [2.45, 2.75) is 0 Å². The molecule has 0 unspecified atom stereocenters. The first-order valence-corrected chi connectivity index (χ1v) is 7.43. The molecule has 0 atom stereocenters. The molecule has 0 saturated heterocycles. The number of rotatable bonds is 8. The molecule has 2 aromatic carbocycles. The fourth-order valence-corrected chi connectivity index (χ4v) is 2.07. The SMILES string of the molecule is C=CCOc1ccc(/C=C/C(=O)c2ccc([N+](=O)[O-])cc2)cc1OC. The van der Waals surface area contributed by atoms with Gasteiger partial charge in [-0.3, -0.25) is 14.9 Å². The highest BCUT2D eigenvalue weighted by molar-refractivity contribution is 6.06. The highest BCUT2D eigenvalue weighted by atomic mass is 16.6. The van der Waals surface area contributed by atoms with Crippen LogP contribution >= 0.6 is 0 Å². The molecule has 0 aliphatic heterocycles. The molecular formula is C19H17NO5. The molecule has 0 radical (unpaired) electrons. The number of benzene rings is 2. The molecule has 0 aliphatic rings. The summed E-state index contributed by atoms with van der Waals surface area (Å²) in [6, 6.07) is 10.7. The van der Waals surface area contributed by atoms with Crippen LogP contribution in [-0.2, 0) is 0 Å². The van der Waals surface area contributed by atoms with E-state index in [-0.39, 0.29) is 11.5 Å². The largest absolute Gasteiger partial charge is 0.493 e. The highest BCUT2D eigenvalue weighted by Gasteiger charge is 2.08. The summed E-state index contributed by atoms with van der Waals surface area (Å²) in [5, 5.41) is 10.6. The molecule has 2 rings (SSSR count). The van der Waals surface area contributed by atoms with E-state index in [2.05, 4.69) is 6.58 Å². The van der Waals surface area contributed by atoms with Gasteiger partial charge in [0.2, 0.25) is 0 Å². The topological polar surface area (TPSA) is 78.7 Å². The van der Waals surface area contributed by atoms with E-state index in [1.807, 2.05) is 0 Å². The first kappa shape index (κ1) is 17.9. The summed E-state index contributed by atoms with van der Waals surface area (Å²) >= 11 is 0. The number of nitro benzene ring substituents is 1. The summed E-state index contributed by atoms with van der Waals surface area (Å²) in [6.07, 6.45) is 4.68. The molecule has 0 heterocycles. The van der Waals surface area contributed by atoms with Gasteiger partial charge >= 0.3 is 0 Å². The average molecular weight is 339 g/mol. The Bertz CT molecular complexity index is 809. The number of ketones is 1. The number of allylic oxidation sites excluding steroid dienone is 1. The van der Waals surface area contributed by atoms with Crippen LogP contribution in [-0.4, -0.2) is 24.4 Å². The third-order valence-electron chi connectivity index (χ3n) is 3.33. The lowest BCUT2D eigenvalue weighted by Crippen LogP contribution is -1.97. The van der Waals surface area contributed by atoms with Crippen molar-refractivity contribution in [2.24, 2.45) is 0 Å². The maximum atomic E-state index is 12.1. The number of carbonyl (C=O) groups excluding carboxylic acids is 1. The fraction of sp³-hybridized carbons (Fsp3) is 0.105. The zero-order valence-electron chi connectivity index (χ0n) is 13.7. The minimum atomic E-state index is -0.508. The minimum Gasteiger partial charge on any atom is -0.493 e. The van der Waals surface area contributed by atoms with Crippen LogP contribution in [0, 0.1) is 10.1 Å². The molecule has 25 heavy (non-hydrogen) atoms. The molecule has 6 nitrogen and oxygen atoms in total. The first-order valence-electron chi connectivity index (χ1n) is 7.43. The number of non-ortho nitro benzene ring substituents is 1. The van der Waals surface area contributed by atoms with E-state index in [1.54, 1.807) is 30.4 Å². The summed E-state index contributed by atoms with van der Waals surface area (Å²) < 4.78 is 10.7. The van der Waals surface area contributed by atoms with Crippen LogP contribution in [0.1, 0.15) is 15.9 Å². The van der Waals surface area contributed by atoms with Gasteiger partial charge in [-0.05, 0) is 35.9 Å². The number of nitrogens with zero attached hydrogens (tertiary/aromatic N) is 1. The first-order chi connectivity index (χ1) is 12.0. The van der Waals surface area contributed by atoms with E-state index < -0.39 is 4.92 Å². The molecule has 0 spiro atoms. The summed E-state index contributed by atoms with van der Waals surface area (Å²) in [7, 11) is 1.53. The molecule has 0 bridgehead atoms. The number of hydrogen-bond donors (Lipinski definition) is 0. The van der Waals surface area contributed by atoms with Crippen LogP contribution in [0.4, 0.5) is 5.69 Å². The van der Waals surface area contributed by atoms with E-state index in [9.17, 15) is 14.9 Å². The van der Waals surface area contributed by atoms with Crippen LogP contribution in [0.2, 0.25) is 0 Å². The summed E-state index contributed by atoms with van der Waals surface area (Å²) in [5.74, 6) is 0.883. The maximum Gasteiger partial charge on any atom is 0.269 e. The van der Waals surface area contributed by atoms with E-state index in [1.165, 1.54) is 37.5 Å². The van der Waals surface area contributed by atoms with Crippen LogP contribution in [0.15, 0.2) is 61.2 Å². The van der Waals surface area contributed by atoms with Crippen molar-refractivity contribution in [2.75, 3.05) is 13.7 Å². The van der Waals surface area contributed by atoms with Crippen molar-refractivity contribution >= 4 is 17.5 Å². The Morgan fingerprint density at radius 1 is 1.20 bits per heavy atom. The van der Waals surface area contributed by atoms with Crippen molar-refractivity contribution in [3.05, 3.63) is 82.4 Å². The Balaban J connectivity index is 2.13. The zero-order valence-corrected chi connectivity index (χ0v) is 13.7. The Labute approximate surface area is 145 Å². The normalized spacial score (nSPS) is 10.4. The monoisotopic (exact) mass is 339 g/mol. The number of nitro groups is 1. The molecule has 0 N–H and O–H groups in total. The third-order valence-corrected chi connectivity index (χ3v) is 3.33. The van der Waals surface area contributed by atoms with Gasteiger partial charge in [0.05, 0.1) is 12.0 Å². The molecular weight excluding hydrogens is 322 g/mol. The van der Waals surface area contributed by atoms with Gasteiger partial charge in [-0.15, -0.1) is 0 Å². The summed E-state index contributed by atoms with van der Waals surface area (Å²) in [5.41, 5.74) is 1.08. The Morgan fingerprint density at radius 3 is 2.52 bits per heavy atom. The Hall–Kier alpha value is -3.41. The van der Waals surface area contributed by atoms with Crippen molar-refractivity contribution in [3.63, 3.8) is 0 Å². The molecule has 0 aromatic heterocycles. The maximum absolute atomic E-state index is 12.1. The van der Waals surface area contributed by atoms with E-state index in [4.69, 9.17) is 9.47 Å². The van der Waals surface area contributed by atoms with Gasteiger partial charge in [-0.25, -0.2) is 0 Å². The molecule has 0 saturated carbocycles. The van der Waals surface area contributed by atoms with Crippen molar-refractivity contribution in [3.8, 4) is 11.5 Å². The Morgan fingerprint density at radius 2 is 1.92 bits per heavy atom. The van der Waals surface area contributed by atoms with Gasteiger partial charge in [0.1, 0.15) is 6.61 Å². The standard InChI is InChI=1S/C19H17NO5/c1-3-12-25-18-11-5-14(13-19(18)24-2)4-10-17(21)15-6-8-16(9-7-15)20(22)23/h3-11,13H,1,12H2,2H3/b10-4+. The number of methoxy groups -OCH3 is 1. The fourth-order valence-electron chi connectivity index (χ4n) is 2.07. The second kappa shape index (κ2) is 8.44. The second-order valence-electron chi connectivity index (χ2n) is 5.01. The summed E-state index contributed by atoms with van der Waals surface area (Å²) in [4.78, 5) is 22.3. The number of hydrogen-bond acceptors (Lipinski definition) is 5. The quantitative estimate of drug-likeness (QED) is 0.238. The lowest BCUT2D eigenvalue weighted by atomic mass is 10.1. The van der Waals surface area contributed by atoms with Gasteiger partial charge in [0, 0.05) is 17.7 Å². The van der Waals surface area contributed by atoms with Gasteiger partial charge in [0.25, 0.3) is 5.69 Å². The molecule has 6 heteroatoms. The van der Waals surface area contributed by atoms with Crippen molar-refractivity contribution < 1.29 is 19.2 Å². The van der Waals surface area contributed by atoms with E-state index >= 15 is 0 Å². The minimum absolute atomic E-state index is 0.0552. The molecule has 2 aromatic rings. The van der Waals surface area contributed by atoms with Gasteiger partial charge < -0.3 is 9.47 Å². The number of carbonyl (C=O) groups is 1. The van der Waals surface area contributed by atoms with Crippen LogP contribution in [0.25, 0.3) is 6.08 Å². The highest BCUT2D eigenvalue weighted by Crippen LogP contribution is 2.28. The second-order valence-corrected chi connectivity index (χ2v) is 5.01. The third kappa shape index (κ3) is 4.78.